The molecule has 0 radical (unpaired) electrons. The van der Waals surface area contributed by atoms with Crippen molar-refractivity contribution in [3.63, 3.8) is 0 Å². The average molecular weight is 356 g/mol. The van der Waals surface area contributed by atoms with E-state index in [9.17, 15) is 9.18 Å². The molecule has 0 aliphatic heterocycles. The van der Waals surface area contributed by atoms with Crippen LogP contribution >= 0.6 is 11.6 Å². The molecule has 3 nitrogen and oxygen atoms in total. The first kappa shape index (κ1) is 17.0. The lowest BCUT2D eigenvalue weighted by atomic mass is 10.2. The smallest absolute Gasteiger partial charge is 0.251 e. The van der Waals surface area contributed by atoms with Crippen molar-refractivity contribution < 1.29 is 13.9 Å². The molecular weight excluding hydrogens is 341 g/mol. The molecule has 3 rings (SSSR count). The van der Waals surface area contributed by atoms with E-state index in [-0.39, 0.29) is 11.7 Å². The Labute approximate surface area is 150 Å². The number of amides is 1. The van der Waals surface area contributed by atoms with E-state index < -0.39 is 0 Å². The summed E-state index contributed by atoms with van der Waals surface area (Å²) >= 11 is 6.17. The largest absolute Gasteiger partial charge is 0.456 e. The van der Waals surface area contributed by atoms with Crippen LogP contribution in [0.1, 0.15) is 15.9 Å². The molecule has 5 heteroatoms. The minimum Gasteiger partial charge on any atom is -0.456 e. The van der Waals surface area contributed by atoms with Crippen molar-refractivity contribution in [1.82, 2.24) is 5.32 Å². The zero-order chi connectivity index (χ0) is 17.6. The van der Waals surface area contributed by atoms with E-state index in [1.807, 2.05) is 36.4 Å². The van der Waals surface area contributed by atoms with Gasteiger partial charge in [-0.2, -0.15) is 0 Å². The first-order valence-electron chi connectivity index (χ1n) is 7.67. The summed E-state index contributed by atoms with van der Waals surface area (Å²) in [4.78, 5) is 12.1. The van der Waals surface area contributed by atoms with Gasteiger partial charge in [0.05, 0.1) is 5.02 Å². The average Bonchev–Trinajstić information content (AvgIpc) is 2.63. The molecule has 3 aromatic carbocycles. The van der Waals surface area contributed by atoms with Gasteiger partial charge in [-0.25, -0.2) is 4.39 Å². The van der Waals surface area contributed by atoms with Crippen molar-refractivity contribution in [3.8, 4) is 11.5 Å². The third-order valence-corrected chi connectivity index (χ3v) is 3.84. The van der Waals surface area contributed by atoms with Gasteiger partial charge in [-0.05, 0) is 54.1 Å². The summed E-state index contributed by atoms with van der Waals surface area (Å²) < 4.78 is 18.7. The Kier molecular flexibility index (Phi) is 5.31. The number of carbonyl (C=O) groups is 1. The maximum Gasteiger partial charge on any atom is 0.251 e. The predicted molar refractivity (Wildman–Crippen MR) is 95.5 cm³/mol. The monoisotopic (exact) mass is 355 g/mol. The molecule has 0 aliphatic rings. The van der Waals surface area contributed by atoms with Gasteiger partial charge < -0.3 is 10.1 Å². The summed E-state index contributed by atoms with van der Waals surface area (Å²) in [5.41, 5.74) is 1.24. The van der Waals surface area contributed by atoms with Gasteiger partial charge in [-0.15, -0.1) is 0 Å². The number of ether oxygens (including phenoxy) is 1. The van der Waals surface area contributed by atoms with Crippen molar-refractivity contribution in [2.75, 3.05) is 0 Å². The minimum absolute atomic E-state index is 0.277. The lowest BCUT2D eigenvalue weighted by Gasteiger charge is -2.10. The first-order chi connectivity index (χ1) is 12.1. The van der Waals surface area contributed by atoms with Crippen LogP contribution in [0.15, 0.2) is 72.8 Å². The van der Waals surface area contributed by atoms with E-state index in [4.69, 9.17) is 16.3 Å². The lowest BCUT2D eigenvalue weighted by molar-refractivity contribution is 0.0951. The SMILES string of the molecule is O=C(NCc1ccc(Cl)c(Oc2ccccc2)c1)c1ccc(F)cc1. The van der Waals surface area contributed by atoms with Gasteiger partial charge >= 0.3 is 0 Å². The second kappa shape index (κ2) is 7.81. The highest BCUT2D eigenvalue weighted by atomic mass is 35.5. The first-order valence-corrected chi connectivity index (χ1v) is 8.05. The Morgan fingerprint density at radius 2 is 1.72 bits per heavy atom. The molecule has 0 saturated carbocycles. The van der Waals surface area contributed by atoms with E-state index >= 15 is 0 Å². The van der Waals surface area contributed by atoms with Crippen molar-refractivity contribution in [1.29, 1.82) is 0 Å². The lowest BCUT2D eigenvalue weighted by Crippen LogP contribution is -2.22. The number of benzene rings is 3. The maximum absolute atomic E-state index is 12.9. The molecule has 3 aromatic rings. The number of carbonyl (C=O) groups excluding carboxylic acids is 1. The topological polar surface area (TPSA) is 38.3 Å². The van der Waals surface area contributed by atoms with Gasteiger partial charge in [-0.3, -0.25) is 4.79 Å². The number of hydrogen-bond donors (Lipinski definition) is 1. The summed E-state index contributed by atoms with van der Waals surface area (Å²) in [5, 5.41) is 3.27. The molecule has 0 heterocycles. The quantitative estimate of drug-likeness (QED) is 0.683. The fourth-order valence-electron chi connectivity index (χ4n) is 2.24. The van der Waals surface area contributed by atoms with Crippen molar-refractivity contribution in [2.24, 2.45) is 0 Å². The van der Waals surface area contributed by atoms with Crippen LogP contribution in [0.25, 0.3) is 0 Å². The van der Waals surface area contributed by atoms with E-state index in [0.717, 1.165) is 5.56 Å². The summed E-state index contributed by atoms with van der Waals surface area (Å²) in [6.45, 7) is 0.304. The molecule has 0 spiro atoms. The minimum atomic E-state index is -0.378. The van der Waals surface area contributed by atoms with E-state index in [0.29, 0.717) is 28.6 Å². The zero-order valence-corrected chi connectivity index (χ0v) is 14.0. The molecule has 1 amide bonds. The van der Waals surface area contributed by atoms with E-state index in [1.165, 1.54) is 24.3 Å². The summed E-state index contributed by atoms with van der Waals surface area (Å²) in [6.07, 6.45) is 0. The molecule has 1 N–H and O–H groups in total. The van der Waals surface area contributed by atoms with Crippen LogP contribution in [-0.2, 0) is 6.54 Å². The van der Waals surface area contributed by atoms with Crippen LogP contribution in [0.5, 0.6) is 11.5 Å². The molecule has 126 valence electrons. The van der Waals surface area contributed by atoms with Crippen molar-refractivity contribution >= 4 is 17.5 Å². The Morgan fingerprint density at radius 1 is 1.00 bits per heavy atom. The number of halogens is 2. The Hall–Kier alpha value is -2.85. The number of nitrogens with one attached hydrogen (secondary N) is 1. The fourth-order valence-corrected chi connectivity index (χ4v) is 2.39. The molecule has 25 heavy (non-hydrogen) atoms. The van der Waals surface area contributed by atoms with Crippen LogP contribution in [0.4, 0.5) is 4.39 Å². The molecule has 0 saturated heterocycles. The van der Waals surface area contributed by atoms with Crippen LogP contribution in [0.2, 0.25) is 5.02 Å². The molecule has 0 aromatic heterocycles. The van der Waals surface area contributed by atoms with Crippen LogP contribution in [0, 0.1) is 5.82 Å². The van der Waals surface area contributed by atoms with Gasteiger partial charge in [0.25, 0.3) is 5.91 Å². The Morgan fingerprint density at radius 3 is 2.44 bits per heavy atom. The van der Waals surface area contributed by atoms with Crippen molar-refractivity contribution in [3.05, 3.63) is 94.8 Å². The summed E-state index contributed by atoms with van der Waals surface area (Å²) in [5.74, 6) is 0.538. The highest BCUT2D eigenvalue weighted by Crippen LogP contribution is 2.30. The molecule has 0 bridgehead atoms. The van der Waals surface area contributed by atoms with Gasteiger partial charge in [0, 0.05) is 12.1 Å². The number of rotatable bonds is 5. The second-order valence-electron chi connectivity index (χ2n) is 5.37. The third kappa shape index (κ3) is 4.58. The molecule has 0 fully saturated rings. The van der Waals surface area contributed by atoms with Gasteiger partial charge in [-0.1, -0.05) is 35.9 Å². The molecule has 0 unspecified atom stereocenters. The van der Waals surface area contributed by atoms with Crippen molar-refractivity contribution in [2.45, 2.75) is 6.54 Å². The van der Waals surface area contributed by atoms with Crippen LogP contribution < -0.4 is 10.1 Å². The van der Waals surface area contributed by atoms with Gasteiger partial charge in [0.1, 0.15) is 17.3 Å². The molecule has 0 aliphatic carbocycles. The summed E-state index contributed by atoms with van der Waals surface area (Å²) in [7, 11) is 0. The predicted octanol–water partition coefficient (Wildman–Crippen LogP) is 5.20. The van der Waals surface area contributed by atoms with E-state index in [1.54, 1.807) is 12.1 Å². The van der Waals surface area contributed by atoms with Gasteiger partial charge in [0.2, 0.25) is 0 Å². The fraction of sp³-hybridized carbons (Fsp3) is 0.0500. The Balaban J connectivity index is 1.67. The second-order valence-corrected chi connectivity index (χ2v) is 5.78. The normalized spacial score (nSPS) is 10.3. The highest BCUT2D eigenvalue weighted by molar-refractivity contribution is 6.32. The molecular formula is C20H15ClFNO2. The van der Waals surface area contributed by atoms with Gasteiger partial charge in [0.15, 0.2) is 0 Å². The zero-order valence-electron chi connectivity index (χ0n) is 13.2. The Bertz CT molecular complexity index is 867. The van der Waals surface area contributed by atoms with Crippen LogP contribution in [-0.4, -0.2) is 5.91 Å². The highest BCUT2D eigenvalue weighted by Gasteiger charge is 2.08. The number of para-hydroxylation sites is 1. The summed E-state index contributed by atoms with van der Waals surface area (Å²) in [6, 6.07) is 20.0. The standard InChI is InChI=1S/C20H15ClFNO2/c21-18-11-6-14(12-19(18)25-17-4-2-1-3-5-17)13-23-20(24)15-7-9-16(22)10-8-15/h1-12H,13H2,(H,23,24). The van der Waals surface area contributed by atoms with Crippen LogP contribution in [0.3, 0.4) is 0 Å². The molecule has 0 atom stereocenters. The third-order valence-electron chi connectivity index (χ3n) is 3.53. The maximum atomic E-state index is 12.9. The van der Waals surface area contributed by atoms with E-state index in [2.05, 4.69) is 5.32 Å². The number of hydrogen-bond acceptors (Lipinski definition) is 2.